The zero-order valence-electron chi connectivity index (χ0n) is 12.1. The van der Waals surface area contributed by atoms with Gasteiger partial charge in [-0.15, -0.1) is 0 Å². The number of esters is 2. The van der Waals surface area contributed by atoms with Gasteiger partial charge in [-0.3, -0.25) is 9.59 Å². The molecule has 0 unspecified atom stereocenters. The molecule has 1 aromatic carbocycles. The van der Waals surface area contributed by atoms with Crippen molar-refractivity contribution in [1.29, 1.82) is 0 Å². The number of hydrogen-bond donors (Lipinski definition) is 0. The Kier molecular flexibility index (Phi) is 4.12. The van der Waals surface area contributed by atoms with E-state index in [0.29, 0.717) is 19.6 Å². The summed E-state index contributed by atoms with van der Waals surface area (Å²) in [6, 6.07) is 7.63. The van der Waals surface area contributed by atoms with Crippen molar-refractivity contribution in [3.8, 4) is 0 Å². The van der Waals surface area contributed by atoms with Gasteiger partial charge in [-0.1, -0.05) is 24.3 Å². The third-order valence-electron chi connectivity index (χ3n) is 3.80. The van der Waals surface area contributed by atoms with E-state index < -0.39 is 11.3 Å². The van der Waals surface area contributed by atoms with Crippen molar-refractivity contribution in [3.05, 3.63) is 35.4 Å². The molecule has 2 rings (SSSR count). The van der Waals surface area contributed by atoms with E-state index in [-0.39, 0.29) is 11.9 Å². The van der Waals surface area contributed by atoms with Gasteiger partial charge in [0.15, 0.2) is 0 Å². The molecule has 0 heterocycles. The van der Waals surface area contributed by atoms with Crippen LogP contribution in [0.4, 0.5) is 0 Å². The molecule has 1 aliphatic carbocycles. The summed E-state index contributed by atoms with van der Waals surface area (Å²) >= 11 is 0. The number of aryl methyl sites for hydroxylation is 1. The zero-order valence-corrected chi connectivity index (χ0v) is 12.1. The molecule has 20 heavy (non-hydrogen) atoms. The highest BCUT2D eigenvalue weighted by Gasteiger charge is 2.67. The van der Waals surface area contributed by atoms with Gasteiger partial charge in [0.25, 0.3) is 0 Å². The molecule has 0 saturated heterocycles. The minimum Gasteiger partial charge on any atom is -0.466 e. The van der Waals surface area contributed by atoms with Crippen LogP contribution in [0, 0.1) is 12.8 Å². The van der Waals surface area contributed by atoms with Crippen LogP contribution in [0.1, 0.15) is 31.4 Å². The molecule has 0 aromatic heterocycles. The number of carbonyl (C=O) groups excluding carboxylic acids is 2. The second kappa shape index (κ2) is 5.65. The standard InChI is InChI=1S/C16H20O4/c1-4-19-14(17)13-10-16(13,15(18)20-5-2)12-9-7-6-8-11(12)3/h6-9,13H,4-5,10H2,1-3H3/t13-,16+/m0/s1. The molecular weight excluding hydrogens is 256 g/mol. The van der Waals surface area contributed by atoms with Gasteiger partial charge < -0.3 is 9.47 Å². The smallest absolute Gasteiger partial charge is 0.317 e. The first kappa shape index (κ1) is 14.6. The molecule has 1 fully saturated rings. The lowest BCUT2D eigenvalue weighted by Gasteiger charge is -2.18. The lowest BCUT2D eigenvalue weighted by molar-refractivity contribution is -0.152. The van der Waals surface area contributed by atoms with Crippen molar-refractivity contribution in [1.82, 2.24) is 0 Å². The Bertz CT molecular complexity index is 523. The van der Waals surface area contributed by atoms with Crippen LogP contribution < -0.4 is 0 Å². The number of benzene rings is 1. The summed E-state index contributed by atoms with van der Waals surface area (Å²) in [5, 5.41) is 0. The Morgan fingerprint density at radius 3 is 2.45 bits per heavy atom. The summed E-state index contributed by atoms with van der Waals surface area (Å²) in [5.74, 6) is -1.07. The van der Waals surface area contributed by atoms with E-state index in [1.54, 1.807) is 13.8 Å². The van der Waals surface area contributed by atoms with Crippen LogP contribution in [0.3, 0.4) is 0 Å². The minimum atomic E-state index is -0.854. The first-order chi connectivity index (χ1) is 9.57. The van der Waals surface area contributed by atoms with Gasteiger partial charge >= 0.3 is 11.9 Å². The number of carbonyl (C=O) groups is 2. The van der Waals surface area contributed by atoms with Gasteiger partial charge in [-0.05, 0) is 38.3 Å². The van der Waals surface area contributed by atoms with Crippen LogP contribution in [0.2, 0.25) is 0 Å². The lowest BCUT2D eigenvalue weighted by atomic mass is 9.89. The lowest BCUT2D eigenvalue weighted by Crippen LogP contribution is -2.29. The minimum absolute atomic E-state index is 0.308. The second-order valence-electron chi connectivity index (χ2n) is 5.02. The third-order valence-corrected chi connectivity index (χ3v) is 3.80. The summed E-state index contributed by atoms with van der Waals surface area (Å²) in [6.07, 6.45) is 0.468. The molecule has 0 aliphatic heterocycles. The molecule has 108 valence electrons. The highest BCUT2D eigenvalue weighted by atomic mass is 16.5. The van der Waals surface area contributed by atoms with E-state index in [1.807, 2.05) is 31.2 Å². The topological polar surface area (TPSA) is 52.6 Å². The van der Waals surface area contributed by atoms with Crippen molar-refractivity contribution in [2.45, 2.75) is 32.6 Å². The fraction of sp³-hybridized carbons (Fsp3) is 0.500. The fourth-order valence-electron chi connectivity index (χ4n) is 2.76. The molecule has 4 heteroatoms. The average molecular weight is 276 g/mol. The first-order valence-corrected chi connectivity index (χ1v) is 6.97. The van der Waals surface area contributed by atoms with Gasteiger partial charge in [0.1, 0.15) is 5.41 Å². The molecule has 0 N–H and O–H groups in total. The van der Waals surface area contributed by atoms with Gasteiger partial charge in [-0.2, -0.15) is 0 Å². The van der Waals surface area contributed by atoms with Crippen molar-refractivity contribution in [3.63, 3.8) is 0 Å². The monoisotopic (exact) mass is 276 g/mol. The molecular formula is C16H20O4. The molecule has 0 amide bonds. The Morgan fingerprint density at radius 2 is 1.85 bits per heavy atom. The normalized spacial score (nSPS) is 24.1. The van der Waals surface area contributed by atoms with E-state index in [2.05, 4.69) is 0 Å². The number of ether oxygens (including phenoxy) is 2. The molecule has 1 aliphatic rings. The zero-order chi connectivity index (χ0) is 14.8. The Labute approximate surface area is 119 Å². The van der Waals surface area contributed by atoms with E-state index >= 15 is 0 Å². The van der Waals surface area contributed by atoms with Gasteiger partial charge in [0, 0.05) is 0 Å². The summed E-state index contributed by atoms with van der Waals surface area (Å²) in [7, 11) is 0. The molecule has 1 saturated carbocycles. The number of rotatable bonds is 5. The molecule has 0 spiro atoms. The summed E-state index contributed by atoms with van der Waals surface area (Å²) < 4.78 is 10.3. The van der Waals surface area contributed by atoms with E-state index in [9.17, 15) is 9.59 Å². The molecule has 0 radical (unpaired) electrons. The van der Waals surface area contributed by atoms with Crippen LogP contribution in [0.15, 0.2) is 24.3 Å². The van der Waals surface area contributed by atoms with Crippen molar-refractivity contribution in [2.75, 3.05) is 13.2 Å². The average Bonchev–Trinajstić information content (AvgIpc) is 3.16. The van der Waals surface area contributed by atoms with E-state index in [0.717, 1.165) is 11.1 Å². The van der Waals surface area contributed by atoms with Crippen molar-refractivity contribution < 1.29 is 19.1 Å². The second-order valence-corrected chi connectivity index (χ2v) is 5.02. The Balaban J connectivity index is 2.36. The highest BCUT2D eigenvalue weighted by molar-refractivity contribution is 5.96. The number of hydrogen-bond acceptors (Lipinski definition) is 4. The largest absolute Gasteiger partial charge is 0.466 e. The van der Waals surface area contributed by atoms with Crippen molar-refractivity contribution in [2.24, 2.45) is 5.92 Å². The Hall–Kier alpha value is -1.84. The third kappa shape index (κ3) is 2.30. The van der Waals surface area contributed by atoms with Crippen LogP contribution in [0.5, 0.6) is 0 Å². The highest BCUT2D eigenvalue weighted by Crippen LogP contribution is 2.56. The molecule has 2 atom stereocenters. The Morgan fingerprint density at radius 1 is 1.20 bits per heavy atom. The van der Waals surface area contributed by atoms with Gasteiger partial charge in [-0.25, -0.2) is 0 Å². The van der Waals surface area contributed by atoms with Crippen LogP contribution in [-0.2, 0) is 24.5 Å². The predicted octanol–water partition coefficient (Wildman–Crippen LogP) is 2.38. The van der Waals surface area contributed by atoms with Crippen LogP contribution in [0.25, 0.3) is 0 Å². The summed E-state index contributed by atoms with van der Waals surface area (Å²) in [6.45, 7) is 6.10. The predicted molar refractivity (Wildman–Crippen MR) is 74.2 cm³/mol. The summed E-state index contributed by atoms with van der Waals surface area (Å²) in [5.41, 5.74) is 1.01. The molecule has 4 nitrogen and oxygen atoms in total. The van der Waals surface area contributed by atoms with E-state index in [1.165, 1.54) is 0 Å². The molecule has 0 bridgehead atoms. The molecule has 1 aromatic rings. The maximum absolute atomic E-state index is 12.4. The quantitative estimate of drug-likeness (QED) is 0.775. The van der Waals surface area contributed by atoms with E-state index in [4.69, 9.17) is 9.47 Å². The van der Waals surface area contributed by atoms with Gasteiger partial charge in [0.05, 0.1) is 19.1 Å². The van der Waals surface area contributed by atoms with Crippen molar-refractivity contribution >= 4 is 11.9 Å². The maximum atomic E-state index is 12.4. The maximum Gasteiger partial charge on any atom is 0.317 e. The van der Waals surface area contributed by atoms with Crippen LogP contribution in [-0.4, -0.2) is 25.2 Å². The fourth-order valence-corrected chi connectivity index (χ4v) is 2.76. The SMILES string of the molecule is CCOC(=O)[C@@H]1C[C@@]1(C(=O)OCC)c1ccccc1C. The van der Waals surface area contributed by atoms with Gasteiger partial charge in [0.2, 0.25) is 0 Å². The summed E-state index contributed by atoms with van der Waals surface area (Å²) in [4.78, 5) is 24.4. The van der Waals surface area contributed by atoms with Crippen LogP contribution >= 0.6 is 0 Å². The first-order valence-electron chi connectivity index (χ1n) is 6.97.